The van der Waals surface area contributed by atoms with Gasteiger partial charge < -0.3 is 15.0 Å². The molecule has 0 spiro atoms. The van der Waals surface area contributed by atoms with Crippen LogP contribution >= 0.6 is 11.3 Å². The average Bonchev–Trinajstić information content (AvgIpc) is 3.38. The molecule has 0 unspecified atom stereocenters. The fraction of sp³-hybridized carbons (Fsp3) is 0.318. The summed E-state index contributed by atoms with van der Waals surface area (Å²) in [6.07, 6.45) is 1.05. The van der Waals surface area contributed by atoms with Crippen molar-refractivity contribution in [1.82, 2.24) is 10.2 Å². The quantitative estimate of drug-likeness (QED) is 0.566. The van der Waals surface area contributed by atoms with E-state index in [4.69, 9.17) is 4.74 Å². The highest BCUT2D eigenvalue weighted by Crippen LogP contribution is 2.34. The zero-order chi connectivity index (χ0) is 23.0. The zero-order valence-corrected chi connectivity index (χ0v) is 19.2. The van der Waals surface area contributed by atoms with E-state index in [0.29, 0.717) is 5.56 Å². The predicted octanol–water partition coefficient (Wildman–Crippen LogP) is 1.97. The molecule has 1 aliphatic rings. The van der Waals surface area contributed by atoms with E-state index in [9.17, 15) is 22.8 Å². The second kappa shape index (κ2) is 8.51. The summed E-state index contributed by atoms with van der Waals surface area (Å²) in [5.41, 5.74) is 0.411. The topological polar surface area (TPSA) is 110 Å². The van der Waals surface area contributed by atoms with Crippen molar-refractivity contribution in [3.05, 3.63) is 48.0 Å². The molecule has 1 aromatic heterocycles. The first kappa shape index (κ1) is 22.2. The van der Waals surface area contributed by atoms with E-state index in [-0.39, 0.29) is 19.5 Å². The second-order valence-electron chi connectivity index (χ2n) is 7.76. The van der Waals surface area contributed by atoms with Gasteiger partial charge in [0.1, 0.15) is 6.04 Å². The SMILES string of the molecule is COC(=O)[C@@H]1C[C@@H](S(C)(=O)=O)CN1C(=O)CNC(=O)c1ccc2sc3ccccc3c2c1. The third-order valence-corrected chi connectivity index (χ3v) is 8.41. The van der Waals surface area contributed by atoms with Crippen molar-refractivity contribution >= 4 is 59.1 Å². The summed E-state index contributed by atoms with van der Waals surface area (Å²) in [6, 6.07) is 12.3. The number of likely N-dealkylation sites (tertiary alicyclic amines) is 1. The van der Waals surface area contributed by atoms with E-state index < -0.39 is 38.9 Å². The van der Waals surface area contributed by atoms with E-state index in [1.165, 1.54) is 12.0 Å². The number of esters is 1. The smallest absolute Gasteiger partial charge is 0.328 e. The van der Waals surface area contributed by atoms with Crippen molar-refractivity contribution in [1.29, 1.82) is 0 Å². The van der Waals surface area contributed by atoms with Crippen molar-refractivity contribution in [3.63, 3.8) is 0 Å². The summed E-state index contributed by atoms with van der Waals surface area (Å²) in [4.78, 5) is 38.7. The van der Waals surface area contributed by atoms with Crippen LogP contribution in [-0.4, -0.2) is 68.8 Å². The molecule has 2 heterocycles. The zero-order valence-electron chi connectivity index (χ0n) is 17.5. The van der Waals surface area contributed by atoms with Gasteiger partial charge in [0.2, 0.25) is 5.91 Å². The van der Waals surface area contributed by atoms with Gasteiger partial charge in [-0.15, -0.1) is 11.3 Å². The number of carbonyl (C=O) groups excluding carboxylic acids is 3. The summed E-state index contributed by atoms with van der Waals surface area (Å²) < 4.78 is 30.8. The fourth-order valence-corrected chi connectivity index (χ4v) is 6.02. The molecule has 8 nitrogen and oxygen atoms in total. The first-order valence-electron chi connectivity index (χ1n) is 9.94. The lowest BCUT2D eigenvalue weighted by Crippen LogP contribution is -2.46. The molecule has 168 valence electrons. The average molecular weight is 475 g/mol. The monoisotopic (exact) mass is 474 g/mol. The molecular weight excluding hydrogens is 452 g/mol. The highest BCUT2D eigenvalue weighted by atomic mass is 32.2. The molecule has 1 saturated heterocycles. The van der Waals surface area contributed by atoms with Crippen molar-refractivity contribution in [2.24, 2.45) is 0 Å². The lowest BCUT2D eigenvalue weighted by atomic mass is 10.1. The molecule has 2 aromatic carbocycles. The maximum atomic E-state index is 12.7. The molecule has 0 aliphatic carbocycles. The van der Waals surface area contributed by atoms with Gasteiger partial charge >= 0.3 is 5.97 Å². The number of thiophene rings is 1. The summed E-state index contributed by atoms with van der Waals surface area (Å²) in [6.45, 7) is -0.467. The Morgan fingerprint density at radius 3 is 2.56 bits per heavy atom. The van der Waals surface area contributed by atoms with Crippen molar-refractivity contribution in [3.8, 4) is 0 Å². The second-order valence-corrected chi connectivity index (χ2v) is 11.2. The van der Waals surface area contributed by atoms with Crippen molar-refractivity contribution in [2.45, 2.75) is 17.7 Å². The Labute approximate surface area is 189 Å². The third-order valence-electron chi connectivity index (χ3n) is 5.70. The highest BCUT2D eigenvalue weighted by Gasteiger charge is 2.43. The van der Waals surface area contributed by atoms with Crippen LogP contribution in [0, 0.1) is 0 Å². The van der Waals surface area contributed by atoms with Crippen LogP contribution in [0.5, 0.6) is 0 Å². The molecular formula is C22H22N2O6S2. The maximum absolute atomic E-state index is 12.7. The Bertz CT molecular complexity index is 1330. The van der Waals surface area contributed by atoms with E-state index >= 15 is 0 Å². The van der Waals surface area contributed by atoms with Crippen LogP contribution in [0.3, 0.4) is 0 Å². The van der Waals surface area contributed by atoms with Gasteiger partial charge in [0.25, 0.3) is 5.91 Å². The molecule has 1 fully saturated rings. The predicted molar refractivity (Wildman–Crippen MR) is 122 cm³/mol. The van der Waals surface area contributed by atoms with Gasteiger partial charge in [0.15, 0.2) is 9.84 Å². The van der Waals surface area contributed by atoms with Crippen LogP contribution in [0.4, 0.5) is 0 Å². The fourth-order valence-electron chi connectivity index (χ4n) is 3.97. The van der Waals surface area contributed by atoms with Gasteiger partial charge in [0, 0.05) is 38.5 Å². The number of carbonyl (C=O) groups is 3. The first-order chi connectivity index (χ1) is 15.2. The maximum Gasteiger partial charge on any atom is 0.328 e. The van der Waals surface area contributed by atoms with Crippen LogP contribution in [0.2, 0.25) is 0 Å². The first-order valence-corrected chi connectivity index (χ1v) is 12.7. The Kier molecular flexibility index (Phi) is 5.91. The number of amides is 2. The van der Waals surface area contributed by atoms with E-state index in [1.807, 2.05) is 30.3 Å². The van der Waals surface area contributed by atoms with Gasteiger partial charge in [-0.2, -0.15) is 0 Å². The minimum Gasteiger partial charge on any atom is -0.467 e. The number of rotatable bonds is 5. The number of fused-ring (bicyclic) bond motifs is 3. The Morgan fingerprint density at radius 2 is 1.84 bits per heavy atom. The number of hydrogen-bond donors (Lipinski definition) is 1. The molecule has 32 heavy (non-hydrogen) atoms. The summed E-state index contributed by atoms with van der Waals surface area (Å²) in [5.74, 6) is -1.64. The van der Waals surface area contributed by atoms with Gasteiger partial charge in [0.05, 0.1) is 18.9 Å². The number of hydrogen-bond acceptors (Lipinski definition) is 7. The summed E-state index contributed by atoms with van der Waals surface area (Å²) in [7, 11) is -2.25. The molecule has 2 amide bonds. The molecule has 1 aliphatic heterocycles. The van der Waals surface area contributed by atoms with Gasteiger partial charge in [-0.05, 0) is 30.7 Å². The standard InChI is InChI=1S/C22H22N2O6S2/c1-30-22(27)17-10-14(32(2,28)29)12-24(17)20(25)11-23-21(26)13-7-8-19-16(9-13)15-5-3-4-6-18(15)31-19/h3-9,14,17H,10-12H2,1-2H3,(H,23,26)/t14-,17+/m1/s1. The van der Waals surface area contributed by atoms with Crippen LogP contribution < -0.4 is 5.32 Å². The minimum absolute atomic E-state index is 0.0207. The van der Waals surface area contributed by atoms with Crippen LogP contribution in [0.1, 0.15) is 16.8 Å². The summed E-state index contributed by atoms with van der Waals surface area (Å²) in [5, 5.41) is 3.76. The van der Waals surface area contributed by atoms with E-state index in [2.05, 4.69) is 5.32 Å². The van der Waals surface area contributed by atoms with Crippen LogP contribution in [-0.2, 0) is 24.2 Å². The van der Waals surface area contributed by atoms with E-state index in [1.54, 1.807) is 23.5 Å². The molecule has 4 rings (SSSR count). The molecule has 1 N–H and O–H groups in total. The molecule has 0 saturated carbocycles. The largest absolute Gasteiger partial charge is 0.467 e. The van der Waals surface area contributed by atoms with E-state index in [0.717, 1.165) is 26.4 Å². The molecule has 3 aromatic rings. The third kappa shape index (κ3) is 4.20. The molecule has 10 heteroatoms. The molecule has 2 atom stereocenters. The number of ether oxygens (including phenoxy) is 1. The number of methoxy groups -OCH3 is 1. The number of benzene rings is 2. The number of nitrogens with zero attached hydrogens (tertiary/aromatic N) is 1. The lowest BCUT2D eigenvalue weighted by molar-refractivity contribution is -0.150. The Hall–Kier alpha value is -2.98. The number of sulfone groups is 1. The summed E-state index contributed by atoms with van der Waals surface area (Å²) >= 11 is 1.64. The minimum atomic E-state index is -3.44. The van der Waals surface area contributed by atoms with Gasteiger partial charge in [-0.1, -0.05) is 18.2 Å². The van der Waals surface area contributed by atoms with Crippen molar-refractivity contribution in [2.75, 3.05) is 26.5 Å². The molecule has 0 bridgehead atoms. The van der Waals surface area contributed by atoms with Gasteiger partial charge in [-0.25, -0.2) is 13.2 Å². The Balaban J connectivity index is 1.48. The van der Waals surface area contributed by atoms with Crippen LogP contribution in [0.15, 0.2) is 42.5 Å². The van der Waals surface area contributed by atoms with Crippen molar-refractivity contribution < 1.29 is 27.5 Å². The lowest BCUT2D eigenvalue weighted by Gasteiger charge is -2.22. The highest BCUT2D eigenvalue weighted by molar-refractivity contribution is 7.91. The van der Waals surface area contributed by atoms with Gasteiger partial charge in [-0.3, -0.25) is 9.59 Å². The molecule has 0 radical (unpaired) electrons. The van der Waals surface area contributed by atoms with Crippen LogP contribution in [0.25, 0.3) is 20.2 Å². The number of nitrogens with one attached hydrogen (secondary N) is 1. The Morgan fingerprint density at radius 1 is 1.12 bits per heavy atom. The normalized spacial score (nSPS) is 18.8.